The van der Waals surface area contributed by atoms with Crippen LogP contribution in [0, 0.1) is 0 Å². The van der Waals surface area contributed by atoms with E-state index in [1.807, 2.05) is 47.4 Å². The maximum Gasteiger partial charge on any atom is 0.253 e. The number of likely N-dealkylation sites (tertiary alicyclic amines) is 1. The summed E-state index contributed by atoms with van der Waals surface area (Å²) < 4.78 is 5.84. The van der Waals surface area contributed by atoms with Gasteiger partial charge in [-0.2, -0.15) is 0 Å². The summed E-state index contributed by atoms with van der Waals surface area (Å²) in [4.78, 5) is 19.0. The van der Waals surface area contributed by atoms with Crippen LogP contribution in [0.15, 0.2) is 53.7 Å². The van der Waals surface area contributed by atoms with E-state index in [0.29, 0.717) is 6.54 Å². The van der Waals surface area contributed by atoms with Gasteiger partial charge in [-0.05, 0) is 49.1 Å². The number of piperidine rings is 1. The molecule has 0 saturated carbocycles. The Hall–Kier alpha value is -1.85. The van der Waals surface area contributed by atoms with E-state index < -0.39 is 0 Å². The lowest BCUT2D eigenvalue weighted by Crippen LogP contribution is -2.43. The smallest absolute Gasteiger partial charge is 0.253 e. The van der Waals surface area contributed by atoms with Gasteiger partial charge in [0.2, 0.25) is 0 Å². The average molecular weight is 371 g/mol. The highest BCUT2D eigenvalue weighted by Crippen LogP contribution is 2.21. The van der Waals surface area contributed by atoms with E-state index in [4.69, 9.17) is 4.74 Å². The average Bonchev–Trinajstić information content (AvgIpc) is 2.71. The summed E-state index contributed by atoms with van der Waals surface area (Å²) in [5.74, 6) is 0.959. The molecule has 0 unspecified atom stereocenters. The normalized spacial score (nSPS) is 17.3. The molecule has 1 aliphatic rings. The van der Waals surface area contributed by atoms with Crippen LogP contribution in [0.1, 0.15) is 42.1 Å². The van der Waals surface area contributed by atoms with E-state index in [9.17, 15) is 4.79 Å². The Morgan fingerprint density at radius 3 is 2.85 bits per heavy atom. The van der Waals surface area contributed by atoms with Gasteiger partial charge in [0.05, 0.1) is 11.1 Å². The van der Waals surface area contributed by atoms with E-state index in [1.165, 1.54) is 5.56 Å². The minimum absolute atomic E-state index is 0.110. The zero-order valence-corrected chi connectivity index (χ0v) is 16.1. The number of hydrogen-bond donors (Lipinski definition) is 0. The van der Waals surface area contributed by atoms with Crippen molar-refractivity contribution >= 4 is 17.7 Å². The molecule has 5 heteroatoms. The fourth-order valence-electron chi connectivity index (χ4n) is 3.06. The number of nitrogens with zero attached hydrogens (tertiary/aromatic N) is 2. The second-order valence-corrected chi connectivity index (χ2v) is 7.54. The van der Waals surface area contributed by atoms with Crippen LogP contribution >= 0.6 is 11.8 Å². The first-order valence-corrected chi connectivity index (χ1v) is 10.3. The summed E-state index contributed by atoms with van der Waals surface area (Å²) in [6, 6.07) is 13.9. The number of pyridine rings is 1. The number of benzene rings is 1. The molecule has 1 amide bonds. The first kappa shape index (κ1) is 18.9. The van der Waals surface area contributed by atoms with Gasteiger partial charge in [0.25, 0.3) is 5.91 Å². The predicted molar refractivity (Wildman–Crippen MR) is 105 cm³/mol. The zero-order valence-electron chi connectivity index (χ0n) is 15.3. The molecule has 2 aromatic rings. The molecule has 0 spiro atoms. The molecule has 0 N–H and O–H groups in total. The number of ether oxygens (including phenoxy) is 1. The highest BCUT2D eigenvalue weighted by Gasteiger charge is 2.24. The van der Waals surface area contributed by atoms with E-state index in [2.05, 4.69) is 11.9 Å². The van der Waals surface area contributed by atoms with E-state index in [-0.39, 0.29) is 12.0 Å². The summed E-state index contributed by atoms with van der Waals surface area (Å²) in [7, 11) is 0. The Labute approximate surface area is 160 Å². The van der Waals surface area contributed by atoms with Gasteiger partial charge in [-0.1, -0.05) is 25.1 Å². The zero-order chi connectivity index (χ0) is 18.2. The lowest BCUT2D eigenvalue weighted by molar-refractivity contribution is 0.00211. The van der Waals surface area contributed by atoms with Crippen molar-refractivity contribution < 1.29 is 9.53 Å². The third-order valence-electron chi connectivity index (χ3n) is 4.45. The molecule has 1 aromatic carbocycles. The van der Waals surface area contributed by atoms with E-state index in [1.54, 1.807) is 18.0 Å². The van der Waals surface area contributed by atoms with Gasteiger partial charge in [-0.15, -0.1) is 11.8 Å². The molecule has 4 nitrogen and oxygen atoms in total. The van der Waals surface area contributed by atoms with Crippen LogP contribution in [0.3, 0.4) is 0 Å². The third kappa shape index (κ3) is 5.32. The Morgan fingerprint density at radius 2 is 2.12 bits per heavy atom. The van der Waals surface area contributed by atoms with Crippen molar-refractivity contribution in [3.63, 3.8) is 0 Å². The summed E-state index contributed by atoms with van der Waals surface area (Å²) in [6.07, 6.45) is 5.07. The SMILES string of the molecule is CCCO[C@H]1CCCN(C(=O)c2ccc(CSc3ccccn3)cc2)C1. The maximum atomic E-state index is 12.8. The van der Waals surface area contributed by atoms with Crippen LogP contribution in [-0.4, -0.2) is 41.6 Å². The van der Waals surface area contributed by atoms with Crippen LogP contribution < -0.4 is 0 Å². The van der Waals surface area contributed by atoms with Crippen LogP contribution in [-0.2, 0) is 10.5 Å². The maximum absolute atomic E-state index is 12.8. The largest absolute Gasteiger partial charge is 0.376 e. The fourth-order valence-corrected chi connectivity index (χ4v) is 3.88. The molecule has 1 atom stereocenters. The molecule has 0 bridgehead atoms. The second kappa shape index (κ2) is 9.74. The standard InChI is InChI=1S/C21H26N2O2S/c1-2-14-25-19-6-5-13-23(15-19)21(24)18-10-8-17(9-11-18)16-26-20-7-3-4-12-22-20/h3-4,7-12,19H,2,5-6,13-16H2,1H3/t19-/m0/s1. The number of thioether (sulfide) groups is 1. The number of hydrogen-bond acceptors (Lipinski definition) is 4. The summed E-state index contributed by atoms with van der Waals surface area (Å²) >= 11 is 1.70. The Bertz CT molecular complexity index is 691. The summed E-state index contributed by atoms with van der Waals surface area (Å²) in [6.45, 7) is 4.41. The van der Waals surface area contributed by atoms with Crippen molar-refractivity contribution in [3.8, 4) is 0 Å². The Kier molecular flexibility index (Phi) is 7.09. The number of carbonyl (C=O) groups is 1. The van der Waals surface area contributed by atoms with Gasteiger partial charge < -0.3 is 9.64 Å². The van der Waals surface area contributed by atoms with Crippen LogP contribution in [0.4, 0.5) is 0 Å². The monoisotopic (exact) mass is 370 g/mol. The predicted octanol–water partition coefficient (Wildman–Crippen LogP) is 4.41. The fraction of sp³-hybridized carbons (Fsp3) is 0.429. The molecule has 0 aliphatic carbocycles. The third-order valence-corrected chi connectivity index (χ3v) is 5.46. The van der Waals surface area contributed by atoms with Crippen molar-refractivity contribution in [2.75, 3.05) is 19.7 Å². The number of carbonyl (C=O) groups excluding carboxylic acids is 1. The Morgan fingerprint density at radius 1 is 1.27 bits per heavy atom. The van der Waals surface area contributed by atoms with Gasteiger partial charge in [0.15, 0.2) is 0 Å². The van der Waals surface area contributed by atoms with E-state index in [0.717, 1.165) is 48.8 Å². The van der Waals surface area contributed by atoms with Crippen molar-refractivity contribution in [1.82, 2.24) is 9.88 Å². The number of rotatable bonds is 7. The first-order valence-electron chi connectivity index (χ1n) is 9.30. The highest BCUT2D eigenvalue weighted by molar-refractivity contribution is 7.98. The molecular formula is C21H26N2O2S. The van der Waals surface area contributed by atoms with Crippen molar-refractivity contribution in [2.45, 2.75) is 43.1 Å². The first-order chi connectivity index (χ1) is 12.8. The molecule has 1 fully saturated rings. The molecular weight excluding hydrogens is 344 g/mol. The quantitative estimate of drug-likeness (QED) is 0.677. The molecule has 1 saturated heterocycles. The van der Waals surface area contributed by atoms with Gasteiger partial charge in [-0.25, -0.2) is 4.98 Å². The lowest BCUT2D eigenvalue weighted by atomic mass is 10.1. The highest BCUT2D eigenvalue weighted by atomic mass is 32.2. The lowest BCUT2D eigenvalue weighted by Gasteiger charge is -2.32. The van der Waals surface area contributed by atoms with Gasteiger partial charge in [0, 0.05) is 37.2 Å². The molecule has 1 aromatic heterocycles. The second-order valence-electron chi connectivity index (χ2n) is 6.54. The molecule has 138 valence electrons. The summed E-state index contributed by atoms with van der Waals surface area (Å²) in [5.41, 5.74) is 1.95. The van der Waals surface area contributed by atoms with Crippen LogP contribution in [0.5, 0.6) is 0 Å². The van der Waals surface area contributed by atoms with Crippen LogP contribution in [0.2, 0.25) is 0 Å². The summed E-state index contributed by atoms with van der Waals surface area (Å²) in [5, 5.41) is 1.01. The molecule has 3 rings (SSSR count). The number of aromatic nitrogens is 1. The molecule has 1 aliphatic heterocycles. The van der Waals surface area contributed by atoms with Crippen LogP contribution in [0.25, 0.3) is 0 Å². The molecule has 2 heterocycles. The molecule has 0 radical (unpaired) electrons. The minimum Gasteiger partial charge on any atom is -0.376 e. The molecule has 26 heavy (non-hydrogen) atoms. The van der Waals surface area contributed by atoms with Crippen molar-refractivity contribution in [2.24, 2.45) is 0 Å². The van der Waals surface area contributed by atoms with Crippen molar-refractivity contribution in [3.05, 3.63) is 59.8 Å². The van der Waals surface area contributed by atoms with Gasteiger partial charge in [-0.3, -0.25) is 4.79 Å². The van der Waals surface area contributed by atoms with Gasteiger partial charge >= 0.3 is 0 Å². The Balaban J connectivity index is 1.54. The van der Waals surface area contributed by atoms with Gasteiger partial charge in [0.1, 0.15) is 0 Å². The minimum atomic E-state index is 0.110. The van der Waals surface area contributed by atoms with E-state index >= 15 is 0 Å². The van der Waals surface area contributed by atoms with Crippen molar-refractivity contribution in [1.29, 1.82) is 0 Å². The topological polar surface area (TPSA) is 42.4 Å². The number of amides is 1.